The first-order valence-electron chi connectivity index (χ1n) is 6.61. The van der Waals surface area contributed by atoms with Gasteiger partial charge in [0.25, 0.3) is 0 Å². The van der Waals surface area contributed by atoms with Gasteiger partial charge in [0.1, 0.15) is 5.41 Å². The van der Waals surface area contributed by atoms with Gasteiger partial charge in [0.05, 0.1) is 9.52 Å². The van der Waals surface area contributed by atoms with Crippen molar-refractivity contribution in [2.75, 3.05) is 13.2 Å². The minimum atomic E-state index is -0.150. The summed E-state index contributed by atoms with van der Waals surface area (Å²) < 4.78 is 12.0. The van der Waals surface area contributed by atoms with Crippen LogP contribution in [0.25, 0.3) is 0 Å². The maximum absolute atomic E-state index is 6.02. The van der Waals surface area contributed by atoms with Gasteiger partial charge < -0.3 is 9.47 Å². The van der Waals surface area contributed by atoms with Crippen molar-refractivity contribution in [3.05, 3.63) is 0 Å². The summed E-state index contributed by atoms with van der Waals surface area (Å²) in [6.45, 7) is 6.21. The minimum Gasteiger partial charge on any atom is -0.354 e. The van der Waals surface area contributed by atoms with E-state index < -0.39 is 0 Å². The zero-order valence-electron chi connectivity index (χ0n) is 10.4. The summed E-state index contributed by atoms with van der Waals surface area (Å²) >= 11 is 0. The van der Waals surface area contributed by atoms with Gasteiger partial charge >= 0.3 is 0 Å². The van der Waals surface area contributed by atoms with Gasteiger partial charge in [-0.3, -0.25) is 0 Å². The standard InChI is InChI=1S/C12H26O2Si/c1-3-5-9-13-12(8-7-11-15-12)14-10-6-4-2/h3-11,15H2,1-2H3. The summed E-state index contributed by atoms with van der Waals surface area (Å²) in [6.07, 6.45) is 7.26. The fraction of sp³-hybridized carbons (Fsp3) is 1.00. The lowest BCUT2D eigenvalue weighted by Gasteiger charge is -2.29. The van der Waals surface area contributed by atoms with Crippen molar-refractivity contribution in [1.82, 2.24) is 0 Å². The highest BCUT2D eigenvalue weighted by Gasteiger charge is 2.35. The Labute approximate surface area is 96.5 Å². The van der Waals surface area contributed by atoms with Gasteiger partial charge in [0.2, 0.25) is 0 Å². The number of ether oxygens (including phenoxy) is 2. The molecule has 1 aliphatic rings. The van der Waals surface area contributed by atoms with E-state index in [0.29, 0.717) is 0 Å². The van der Waals surface area contributed by atoms with Crippen LogP contribution in [0.3, 0.4) is 0 Å². The molecule has 1 aliphatic heterocycles. The lowest BCUT2D eigenvalue weighted by molar-refractivity contribution is -0.180. The molecule has 0 atom stereocenters. The van der Waals surface area contributed by atoms with Crippen molar-refractivity contribution < 1.29 is 9.47 Å². The maximum atomic E-state index is 6.02. The first-order chi connectivity index (χ1) is 7.33. The van der Waals surface area contributed by atoms with E-state index in [-0.39, 0.29) is 14.9 Å². The Morgan fingerprint density at radius 1 is 1.07 bits per heavy atom. The van der Waals surface area contributed by atoms with E-state index in [9.17, 15) is 0 Å². The maximum Gasteiger partial charge on any atom is 0.144 e. The van der Waals surface area contributed by atoms with Crippen LogP contribution in [-0.2, 0) is 9.47 Å². The third-order valence-electron chi connectivity index (χ3n) is 3.09. The molecule has 2 nitrogen and oxygen atoms in total. The van der Waals surface area contributed by atoms with Crippen molar-refractivity contribution in [2.45, 2.75) is 63.8 Å². The monoisotopic (exact) mass is 230 g/mol. The van der Waals surface area contributed by atoms with E-state index in [0.717, 1.165) is 19.6 Å². The van der Waals surface area contributed by atoms with Gasteiger partial charge in [-0.15, -0.1) is 0 Å². The summed E-state index contributed by atoms with van der Waals surface area (Å²) in [5, 5.41) is 0. The summed E-state index contributed by atoms with van der Waals surface area (Å²) in [5.74, 6) is 0. The van der Waals surface area contributed by atoms with Crippen LogP contribution >= 0.6 is 0 Å². The molecule has 0 N–H and O–H groups in total. The zero-order chi connectivity index (χ0) is 11.0. The molecule has 0 radical (unpaired) electrons. The Morgan fingerprint density at radius 3 is 2.07 bits per heavy atom. The molecule has 1 heterocycles. The van der Waals surface area contributed by atoms with E-state index >= 15 is 0 Å². The number of hydrogen-bond acceptors (Lipinski definition) is 2. The molecule has 0 aliphatic carbocycles. The second kappa shape index (κ2) is 7.42. The van der Waals surface area contributed by atoms with Crippen LogP contribution in [0.5, 0.6) is 0 Å². The van der Waals surface area contributed by atoms with Crippen LogP contribution in [-0.4, -0.2) is 28.1 Å². The molecule has 0 aromatic carbocycles. The Morgan fingerprint density at radius 2 is 1.67 bits per heavy atom. The highest BCUT2D eigenvalue weighted by atomic mass is 28.2. The predicted molar refractivity (Wildman–Crippen MR) is 67.0 cm³/mol. The second-order valence-electron chi connectivity index (χ2n) is 4.52. The molecule has 0 amide bonds. The normalized spacial score (nSPS) is 21.2. The Bertz CT molecular complexity index is 144. The molecule has 90 valence electrons. The van der Waals surface area contributed by atoms with E-state index in [2.05, 4.69) is 13.8 Å². The molecule has 15 heavy (non-hydrogen) atoms. The largest absolute Gasteiger partial charge is 0.354 e. The summed E-state index contributed by atoms with van der Waals surface area (Å²) in [6, 6.07) is 1.40. The summed E-state index contributed by atoms with van der Waals surface area (Å²) in [7, 11) is -0.150. The van der Waals surface area contributed by atoms with E-state index in [1.807, 2.05) is 0 Å². The van der Waals surface area contributed by atoms with Gasteiger partial charge in [-0.2, -0.15) is 0 Å². The molecular formula is C12H26O2Si. The number of unbranched alkanes of at least 4 members (excludes halogenated alkanes) is 2. The minimum absolute atomic E-state index is 0.0651. The Balaban J connectivity index is 2.26. The van der Waals surface area contributed by atoms with Gasteiger partial charge in [-0.25, -0.2) is 0 Å². The van der Waals surface area contributed by atoms with E-state index in [4.69, 9.17) is 9.47 Å². The highest BCUT2D eigenvalue weighted by molar-refractivity contribution is 6.40. The lowest BCUT2D eigenvalue weighted by Crippen LogP contribution is -2.39. The Kier molecular flexibility index (Phi) is 6.53. The summed E-state index contributed by atoms with van der Waals surface area (Å²) in [5.41, 5.74) is -0.0651. The van der Waals surface area contributed by atoms with Crippen molar-refractivity contribution in [2.24, 2.45) is 0 Å². The quantitative estimate of drug-likeness (QED) is 0.362. The molecule has 1 fully saturated rings. The molecule has 0 bridgehead atoms. The van der Waals surface area contributed by atoms with Gasteiger partial charge in [-0.1, -0.05) is 39.2 Å². The lowest BCUT2D eigenvalue weighted by atomic mass is 10.3. The third-order valence-corrected chi connectivity index (χ3v) is 5.47. The van der Waals surface area contributed by atoms with Gasteiger partial charge in [0.15, 0.2) is 0 Å². The first-order valence-corrected chi connectivity index (χ1v) is 8.31. The van der Waals surface area contributed by atoms with E-state index in [1.54, 1.807) is 0 Å². The van der Waals surface area contributed by atoms with Gasteiger partial charge in [0, 0.05) is 13.2 Å². The van der Waals surface area contributed by atoms with Crippen molar-refractivity contribution in [3.8, 4) is 0 Å². The molecule has 1 rings (SSSR count). The fourth-order valence-corrected chi connectivity index (χ4v) is 4.17. The molecule has 0 unspecified atom stereocenters. The molecule has 1 saturated heterocycles. The molecule has 0 saturated carbocycles. The van der Waals surface area contributed by atoms with Crippen LogP contribution in [0.15, 0.2) is 0 Å². The fourth-order valence-electron chi connectivity index (χ4n) is 2.05. The van der Waals surface area contributed by atoms with Crippen LogP contribution in [0.1, 0.15) is 52.4 Å². The van der Waals surface area contributed by atoms with Crippen LogP contribution in [0.4, 0.5) is 0 Å². The zero-order valence-corrected chi connectivity index (χ0v) is 11.8. The average molecular weight is 230 g/mol. The molecule has 0 aromatic rings. The van der Waals surface area contributed by atoms with Crippen LogP contribution < -0.4 is 0 Å². The van der Waals surface area contributed by atoms with Gasteiger partial charge in [-0.05, 0) is 19.3 Å². The molecular weight excluding hydrogens is 204 g/mol. The van der Waals surface area contributed by atoms with Crippen molar-refractivity contribution in [3.63, 3.8) is 0 Å². The van der Waals surface area contributed by atoms with Crippen LogP contribution in [0, 0.1) is 0 Å². The van der Waals surface area contributed by atoms with Crippen molar-refractivity contribution >= 4 is 9.52 Å². The van der Waals surface area contributed by atoms with E-state index in [1.165, 1.54) is 38.1 Å². The number of hydrogen-bond donors (Lipinski definition) is 0. The topological polar surface area (TPSA) is 18.5 Å². The van der Waals surface area contributed by atoms with Crippen LogP contribution in [0.2, 0.25) is 6.04 Å². The average Bonchev–Trinajstić information content (AvgIpc) is 2.68. The SMILES string of the molecule is CCCCOC1(OCCCC)CCC[SiH2]1. The third kappa shape index (κ3) is 4.66. The number of rotatable bonds is 8. The smallest absolute Gasteiger partial charge is 0.144 e. The molecule has 3 heteroatoms. The molecule has 0 spiro atoms. The second-order valence-corrected chi connectivity index (χ2v) is 6.81. The highest BCUT2D eigenvalue weighted by Crippen LogP contribution is 2.29. The Hall–Kier alpha value is 0.137. The first kappa shape index (κ1) is 13.2. The molecule has 0 aromatic heterocycles. The van der Waals surface area contributed by atoms with Crippen molar-refractivity contribution in [1.29, 1.82) is 0 Å². The summed E-state index contributed by atoms with van der Waals surface area (Å²) in [4.78, 5) is 0. The predicted octanol–water partition coefficient (Wildman–Crippen LogP) is 2.65.